The molecule has 3 heterocycles. The minimum Gasteiger partial charge on any atom is -0.375 e. The molecule has 0 aromatic heterocycles. The number of thioether (sulfide) groups is 1. The molecule has 156 valence electrons. The molecule has 3 N–H and O–H groups in total. The van der Waals surface area contributed by atoms with E-state index in [0.717, 1.165) is 6.42 Å². The van der Waals surface area contributed by atoms with Crippen molar-refractivity contribution in [3.05, 3.63) is 0 Å². The number of hydrogen-bond acceptors (Lipinski definition) is 7. The fraction of sp³-hybridized carbons (Fsp3) is 0.765. The zero-order valence-electron chi connectivity index (χ0n) is 15.9. The van der Waals surface area contributed by atoms with Crippen LogP contribution in [-0.4, -0.2) is 103 Å². The highest BCUT2D eigenvalue weighted by Crippen LogP contribution is 2.18. The van der Waals surface area contributed by atoms with E-state index in [-0.39, 0.29) is 43.5 Å². The molecule has 0 unspecified atom stereocenters. The minimum atomic E-state index is -0.829. The van der Waals surface area contributed by atoms with Gasteiger partial charge in [0, 0.05) is 38.4 Å². The van der Waals surface area contributed by atoms with Crippen molar-refractivity contribution >= 4 is 35.4 Å². The highest BCUT2D eigenvalue weighted by molar-refractivity contribution is 7.99. The van der Waals surface area contributed by atoms with Gasteiger partial charge in [-0.15, -0.1) is 11.8 Å². The maximum absolute atomic E-state index is 13.0. The van der Waals surface area contributed by atoms with Crippen LogP contribution < -0.4 is 16.0 Å². The van der Waals surface area contributed by atoms with Crippen molar-refractivity contribution < 1.29 is 23.9 Å². The van der Waals surface area contributed by atoms with Crippen molar-refractivity contribution in [3.63, 3.8) is 0 Å². The van der Waals surface area contributed by atoms with Gasteiger partial charge in [0.05, 0.1) is 12.6 Å². The van der Waals surface area contributed by atoms with Crippen LogP contribution in [0.25, 0.3) is 0 Å². The summed E-state index contributed by atoms with van der Waals surface area (Å²) in [4.78, 5) is 53.2. The molecule has 11 heteroatoms. The van der Waals surface area contributed by atoms with Crippen molar-refractivity contribution in [2.45, 2.75) is 31.0 Å². The van der Waals surface area contributed by atoms with Crippen LogP contribution >= 0.6 is 11.8 Å². The van der Waals surface area contributed by atoms with Crippen LogP contribution in [-0.2, 0) is 23.9 Å². The molecular formula is C17H27N5O5S. The molecule has 0 radical (unpaired) electrons. The molecule has 3 aliphatic rings. The molecule has 4 amide bonds. The first-order valence-electron chi connectivity index (χ1n) is 9.47. The van der Waals surface area contributed by atoms with Gasteiger partial charge < -0.3 is 25.2 Å². The lowest BCUT2D eigenvalue weighted by Gasteiger charge is -2.41. The molecule has 0 spiro atoms. The maximum Gasteiger partial charge on any atom is 0.248 e. The van der Waals surface area contributed by atoms with Crippen LogP contribution in [0, 0.1) is 0 Å². The van der Waals surface area contributed by atoms with Crippen molar-refractivity contribution in [3.8, 4) is 0 Å². The van der Waals surface area contributed by atoms with Gasteiger partial charge in [0.2, 0.25) is 23.6 Å². The smallest absolute Gasteiger partial charge is 0.248 e. The molecule has 0 saturated carbocycles. The lowest BCUT2D eigenvalue weighted by atomic mass is 10.0. The quantitative estimate of drug-likeness (QED) is 0.465. The third-order valence-electron chi connectivity index (χ3n) is 5.20. The van der Waals surface area contributed by atoms with E-state index < -0.39 is 18.0 Å². The number of nitrogens with one attached hydrogen (secondary N) is 3. The Hall–Kier alpha value is -1.85. The summed E-state index contributed by atoms with van der Waals surface area (Å²) in [5.41, 5.74) is 0. The Morgan fingerprint density at radius 1 is 1.32 bits per heavy atom. The van der Waals surface area contributed by atoms with E-state index in [2.05, 4.69) is 16.0 Å². The molecule has 10 nitrogen and oxygen atoms in total. The Morgan fingerprint density at radius 2 is 2.14 bits per heavy atom. The lowest BCUT2D eigenvalue weighted by molar-refractivity contribution is -0.151. The zero-order chi connectivity index (χ0) is 20.1. The summed E-state index contributed by atoms with van der Waals surface area (Å²) in [6.07, 6.45) is 1.34. The number of hydrogen-bond donors (Lipinski definition) is 3. The third kappa shape index (κ3) is 4.76. The molecule has 3 fully saturated rings. The fourth-order valence-corrected chi connectivity index (χ4v) is 4.58. The van der Waals surface area contributed by atoms with Crippen LogP contribution in [0.3, 0.4) is 0 Å². The van der Waals surface area contributed by atoms with Gasteiger partial charge in [-0.05, 0) is 12.8 Å². The number of carbonyl (C=O) groups is 4. The predicted molar refractivity (Wildman–Crippen MR) is 102 cm³/mol. The minimum absolute atomic E-state index is 0.0753. The van der Waals surface area contributed by atoms with Gasteiger partial charge in [0.1, 0.15) is 18.7 Å². The Balaban J connectivity index is 1.72. The number of rotatable bonds is 5. The van der Waals surface area contributed by atoms with E-state index in [4.69, 9.17) is 4.74 Å². The molecule has 3 rings (SSSR count). The van der Waals surface area contributed by atoms with E-state index in [1.165, 1.54) is 16.9 Å². The van der Waals surface area contributed by atoms with Crippen LogP contribution in [0.1, 0.15) is 12.8 Å². The van der Waals surface area contributed by atoms with Gasteiger partial charge in [-0.3, -0.25) is 24.5 Å². The number of piperazine rings is 1. The van der Waals surface area contributed by atoms with Gasteiger partial charge in [-0.25, -0.2) is 0 Å². The molecule has 0 aromatic carbocycles. The fourth-order valence-electron chi connectivity index (χ4n) is 3.64. The predicted octanol–water partition coefficient (Wildman–Crippen LogP) is -2.27. The van der Waals surface area contributed by atoms with E-state index in [9.17, 15) is 19.2 Å². The van der Waals surface area contributed by atoms with Crippen LogP contribution in [0.15, 0.2) is 0 Å². The van der Waals surface area contributed by atoms with Gasteiger partial charge >= 0.3 is 0 Å². The normalized spacial score (nSPS) is 28.0. The van der Waals surface area contributed by atoms with Crippen molar-refractivity contribution in [1.82, 2.24) is 25.8 Å². The second-order valence-corrected chi connectivity index (χ2v) is 8.12. The topological polar surface area (TPSA) is 120 Å². The summed E-state index contributed by atoms with van der Waals surface area (Å²) >= 11 is 1.63. The summed E-state index contributed by atoms with van der Waals surface area (Å²) in [6, 6.07) is -1.77. The number of carbonyl (C=O) groups excluding carboxylic acids is 4. The van der Waals surface area contributed by atoms with E-state index in [0.29, 0.717) is 31.1 Å². The number of piperidine rings is 1. The van der Waals surface area contributed by atoms with Gasteiger partial charge in [-0.2, -0.15) is 0 Å². The number of methoxy groups -OCH3 is 1. The molecule has 28 heavy (non-hydrogen) atoms. The Bertz CT molecular complexity index is 627. The van der Waals surface area contributed by atoms with Crippen molar-refractivity contribution in [2.24, 2.45) is 0 Å². The Morgan fingerprint density at radius 3 is 2.82 bits per heavy atom. The van der Waals surface area contributed by atoms with Crippen LogP contribution in [0.5, 0.6) is 0 Å². The molecule has 0 bridgehead atoms. The standard InChI is InChI=1S/C17H27N5O5S/c1-27-8-14(23)21-5-6-22(17(26)12-9-28-10-19-12)13(7-21)16(25)20-11-3-2-4-18-15(11)24/h11-13,19H,2-10H2,1H3,(H,18,24)(H,20,25)/t11-,12-,13-/m0/s1. The summed E-state index contributed by atoms with van der Waals surface area (Å²) in [5, 5.41) is 8.63. The lowest BCUT2D eigenvalue weighted by Crippen LogP contribution is -2.65. The Labute approximate surface area is 168 Å². The van der Waals surface area contributed by atoms with E-state index in [1.807, 2.05) is 0 Å². The van der Waals surface area contributed by atoms with Gasteiger partial charge in [0.15, 0.2) is 0 Å². The second kappa shape index (κ2) is 9.57. The molecule has 3 aliphatic heterocycles. The van der Waals surface area contributed by atoms with Gasteiger partial charge in [-0.1, -0.05) is 0 Å². The number of nitrogens with zero attached hydrogens (tertiary/aromatic N) is 2. The molecule has 3 atom stereocenters. The molecular weight excluding hydrogens is 386 g/mol. The van der Waals surface area contributed by atoms with Crippen LogP contribution in [0.2, 0.25) is 0 Å². The maximum atomic E-state index is 13.0. The summed E-state index contributed by atoms with van der Waals surface area (Å²) < 4.78 is 4.91. The molecule has 3 saturated heterocycles. The third-order valence-corrected chi connectivity index (χ3v) is 6.14. The first kappa shape index (κ1) is 20.9. The van der Waals surface area contributed by atoms with Crippen LogP contribution in [0.4, 0.5) is 0 Å². The highest BCUT2D eigenvalue weighted by atomic mass is 32.2. The summed E-state index contributed by atoms with van der Waals surface area (Å²) in [6.45, 7) is 1.24. The summed E-state index contributed by atoms with van der Waals surface area (Å²) in [5.74, 6) is 0.364. The van der Waals surface area contributed by atoms with E-state index in [1.54, 1.807) is 11.8 Å². The molecule has 0 aromatic rings. The van der Waals surface area contributed by atoms with Gasteiger partial charge in [0.25, 0.3) is 0 Å². The monoisotopic (exact) mass is 413 g/mol. The SMILES string of the molecule is COCC(=O)N1CCN(C(=O)[C@@H]2CSCN2)[C@H](C(=O)N[C@H]2CCCNC2=O)C1. The number of ether oxygens (including phenoxy) is 1. The van der Waals surface area contributed by atoms with E-state index >= 15 is 0 Å². The first-order chi connectivity index (χ1) is 13.5. The zero-order valence-corrected chi connectivity index (χ0v) is 16.8. The molecule has 0 aliphatic carbocycles. The second-order valence-electron chi connectivity index (χ2n) is 7.09. The first-order valence-corrected chi connectivity index (χ1v) is 10.6. The van der Waals surface area contributed by atoms with Crippen molar-refractivity contribution in [2.75, 3.05) is 51.5 Å². The summed E-state index contributed by atoms with van der Waals surface area (Å²) in [7, 11) is 1.44. The largest absolute Gasteiger partial charge is 0.375 e. The number of amides is 4. The van der Waals surface area contributed by atoms with Crippen molar-refractivity contribution in [1.29, 1.82) is 0 Å². The average Bonchev–Trinajstić information content (AvgIpc) is 3.23. The Kier molecular flexibility index (Phi) is 7.13. The average molecular weight is 414 g/mol. The highest BCUT2D eigenvalue weighted by Gasteiger charge is 2.41.